The summed E-state index contributed by atoms with van der Waals surface area (Å²) in [7, 11) is -3.88. The molecule has 104 valence electrons. The van der Waals surface area contributed by atoms with Crippen LogP contribution in [0, 0.1) is 17.1 Å². The summed E-state index contributed by atoms with van der Waals surface area (Å²) in [4.78, 5) is -0.314. The van der Waals surface area contributed by atoms with Crippen LogP contribution in [0.3, 0.4) is 0 Å². The maximum absolute atomic E-state index is 13.4. The van der Waals surface area contributed by atoms with Crippen LogP contribution in [0.2, 0.25) is 0 Å². The summed E-state index contributed by atoms with van der Waals surface area (Å²) in [5.74, 6) is -0.0139. The molecular weight excluding hydrogens is 287 g/mol. The molecule has 1 atom stereocenters. The number of thioether (sulfide) groups is 1. The Kier molecular flexibility index (Phi) is 5.79. The minimum atomic E-state index is -3.88. The highest BCUT2D eigenvalue weighted by atomic mass is 32.2. The zero-order chi connectivity index (χ0) is 14.5. The summed E-state index contributed by atoms with van der Waals surface area (Å²) < 4.78 is 40.1. The Balaban J connectivity index is 3.02. The van der Waals surface area contributed by atoms with Crippen molar-refractivity contribution in [2.45, 2.75) is 24.3 Å². The van der Waals surface area contributed by atoms with Crippen LogP contribution in [0.4, 0.5) is 4.39 Å². The molecule has 1 rings (SSSR count). The molecule has 0 fully saturated rings. The molecule has 0 aliphatic rings. The molecule has 0 saturated heterocycles. The molecule has 0 aromatic heterocycles. The number of sulfonamides is 1. The smallest absolute Gasteiger partial charge is 0.208 e. The van der Waals surface area contributed by atoms with E-state index in [-0.39, 0.29) is 10.9 Å². The van der Waals surface area contributed by atoms with Gasteiger partial charge in [0.1, 0.15) is 22.3 Å². The summed E-state index contributed by atoms with van der Waals surface area (Å²) in [5.41, 5.74) is -0.452. The number of benzene rings is 1. The second-order valence-electron chi connectivity index (χ2n) is 4.03. The number of halogens is 1. The van der Waals surface area contributed by atoms with Gasteiger partial charge in [0.15, 0.2) is 0 Å². The van der Waals surface area contributed by atoms with Gasteiger partial charge in [-0.15, -0.1) is 0 Å². The van der Waals surface area contributed by atoms with E-state index in [0.29, 0.717) is 6.42 Å². The number of nitrogens with one attached hydrogen (secondary N) is 1. The molecule has 19 heavy (non-hydrogen) atoms. The lowest BCUT2D eigenvalue weighted by molar-refractivity contribution is 0.554. The Hall–Kier alpha value is -1.10. The van der Waals surface area contributed by atoms with Crippen molar-refractivity contribution in [3.8, 4) is 6.07 Å². The molecule has 0 saturated carbocycles. The number of hydrogen-bond acceptors (Lipinski definition) is 4. The van der Waals surface area contributed by atoms with E-state index in [2.05, 4.69) is 4.72 Å². The number of nitrogens with zero attached hydrogens (tertiary/aromatic N) is 1. The van der Waals surface area contributed by atoms with Crippen molar-refractivity contribution in [2.24, 2.45) is 0 Å². The van der Waals surface area contributed by atoms with Gasteiger partial charge in [-0.2, -0.15) is 17.0 Å². The molecule has 1 aromatic rings. The average molecular weight is 302 g/mol. The third kappa shape index (κ3) is 4.20. The number of nitriles is 1. The van der Waals surface area contributed by atoms with E-state index in [0.717, 1.165) is 11.8 Å². The van der Waals surface area contributed by atoms with Crippen LogP contribution in [0.1, 0.15) is 18.9 Å². The Labute approximate surface area is 117 Å². The zero-order valence-corrected chi connectivity index (χ0v) is 12.3. The maximum atomic E-state index is 13.4. The van der Waals surface area contributed by atoms with Gasteiger partial charge in [-0.1, -0.05) is 6.07 Å². The molecule has 0 amide bonds. The van der Waals surface area contributed by atoms with Crippen LogP contribution in [0.15, 0.2) is 23.1 Å². The van der Waals surface area contributed by atoms with E-state index in [1.54, 1.807) is 24.8 Å². The fraction of sp³-hybridized carbons (Fsp3) is 0.417. The van der Waals surface area contributed by atoms with E-state index in [4.69, 9.17) is 5.26 Å². The Morgan fingerprint density at radius 1 is 1.53 bits per heavy atom. The van der Waals surface area contributed by atoms with Gasteiger partial charge in [-0.25, -0.2) is 17.5 Å². The Morgan fingerprint density at radius 2 is 2.21 bits per heavy atom. The van der Waals surface area contributed by atoms with Crippen LogP contribution in [-0.4, -0.2) is 26.5 Å². The lowest BCUT2D eigenvalue weighted by Gasteiger charge is -2.14. The normalized spacial score (nSPS) is 12.9. The van der Waals surface area contributed by atoms with Gasteiger partial charge in [-0.3, -0.25) is 0 Å². The van der Waals surface area contributed by atoms with Gasteiger partial charge in [0.05, 0.1) is 0 Å². The lowest BCUT2D eigenvalue weighted by atomic mass is 10.2. The predicted octanol–water partition coefficient (Wildman–Crippen LogP) is 2.12. The van der Waals surface area contributed by atoms with Crippen LogP contribution in [-0.2, 0) is 10.0 Å². The number of hydrogen-bond donors (Lipinski definition) is 1. The first-order valence-corrected chi connectivity index (χ1v) is 8.50. The Bertz CT molecular complexity index is 582. The molecule has 1 aromatic carbocycles. The van der Waals surface area contributed by atoms with Crippen LogP contribution in [0.25, 0.3) is 0 Å². The molecule has 0 radical (unpaired) electrons. The van der Waals surface area contributed by atoms with E-state index in [1.807, 2.05) is 6.26 Å². The van der Waals surface area contributed by atoms with Gasteiger partial charge in [0.25, 0.3) is 0 Å². The van der Waals surface area contributed by atoms with Crippen LogP contribution < -0.4 is 4.72 Å². The van der Waals surface area contributed by atoms with Crippen LogP contribution >= 0.6 is 11.8 Å². The topological polar surface area (TPSA) is 70.0 Å². The predicted molar refractivity (Wildman–Crippen MR) is 73.9 cm³/mol. The lowest BCUT2D eigenvalue weighted by Crippen LogP contribution is -2.33. The van der Waals surface area contributed by atoms with Gasteiger partial charge < -0.3 is 0 Å². The van der Waals surface area contributed by atoms with Crippen molar-refractivity contribution in [3.05, 3.63) is 29.6 Å². The van der Waals surface area contributed by atoms with Crippen molar-refractivity contribution in [3.63, 3.8) is 0 Å². The molecule has 0 aliphatic carbocycles. The van der Waals surface area contributed by atoms with E-state index < -0.39 is 21.4 Å². The second-order valence-corrected chi connectivity index (χ2v) is 6.70. The minimum absolute atomic E-state index is 0.271. The molecule has 1 unspecified atom stereocenters. The first-order valence-electron chi connectivity index (χ1n) is 5.62. The largest absolute Gasteiger partial charge is 0.242 e. The highest BCUT2D eigenvalue weighted by Crippen LogP contribution is 2.18. The standard InChI is InChI=1S/C12H15FN2O2S2/c1-9(6-7-18-2)15-19(16,17)12-5-3-4-11(13)10(12)8-14/h3-5,9,15H,6-7H2,1-2H3. The van der Waals surface area contributed by atoms with Crippen molar-refractivity contribution in [1.82, 2.24) is 4.72 Å². The summed E-state index contributed by atoms with van der Waals surface area (Å²) in [6, 6.07) is 4.88. The molecule has 7 heteroatoms. The molecule has 0 heterocycles. The maximum Gasteiger partial charge on any atom is 0.242 e. The fourth-order valence-electron chi connectivity index (χ4n) is 1.52. The van der Waals surface area contributed by atoms with E-state index in [9.17, 15) is 12.8 Å². The number of rotatable bonds is 6. The molecule has 1 N–H and O–H groups in total. The molecule has 0 aliphatic heterocycles. The molecule has 0 bridgehead atoms. The van der Waals surface area contributed by atoms with E-state index >= 15 is 0 Å². The van der Waals surface area contributed by atoms with Gasteiger partial charge in [0.2, 0.25) is 10.0 Å². The van der Waals surface area contributed by atoms with Gasteiger partial charge >= 0.3 is 0 Å². The van der Waals surface area contributed by atoms with Gasteiger partial charge in [0, 0.05) is 6.04 Å². The summed E-state index contributed by atoms with van der Waals surface area (Å²) >= 11 is 1.61. The average Bonchev–Trinajstić information content (AvgIpc) is 2.35. The minimum Gasteiger partial charge on any atom is -0.208 e. The van der Waals surface area contributed by atoms with Crippen molar-refractivity contribution in [2.75, 3.05) is 12.0 Å². The van der Waals surface area contributed by atoms with Crippen molar-refractivity contribution < 1.29 is 12.8 Å². The Morgan fingerprint density at radius 3 is 2.79 bits per heavy atom. The quantitative estimate of drug-likeness (QED) is 0.874. The third-order valence-corrected chi connectivity index (χ3v) is 4.76. The van der Waals surface area contributed by atoms with Crippen molar-refractivity contribution in [1.29, 1.82) is 5.26 Å². The van der Waals surface area contributed by atoms with Gasteiger partial charge in [-0.05, 0) is 37.5 Å². The molecule has 4 nitrogen and oxygen atoms in total. The fourth-order valence-corrected chi connectivity index (χ4v) is 3.55. The SMILES string of the molecule is CSCCC(C)NS(=O)(=O)c1cccc(F)c1C#N. The van der Waals surface area contributed by atoms with E-state index in [1.165, 1.54) is 12.1 Å². The summed E-state index contributed by atoms with van der Waals surface area (Å²) in [6.45, 7) is 1.74. The van der Waals surface area contributed by atoms with Crippen molar-refractivity contribution >= 4 is 21.8 Å². The first kappa shape index (κ1) is 16.0. The highest BCUT2D eigenvalue weighted by molar-refractivity contribution is 7.98. The summed E-state index contributed by atoms with van der Waals surface area (Å²) in [6.07, 6.45) is 2.60. The monoisotopic (exact) mass is 302 g/mol. The zero-order valence-electron chi connectivity index (χ0n) is 10.7. The van der Waals surface area contributed by atoms with Crippen LogP contribution in [0.5, 0.6) is 0 Å². The highest BCUT2D eigenvalue weighted by Gasteiger charge is 2.22. The molecule has 0 spiro atoms. The molecular formula is C12H15FN2O2S2. The third-order valence-electron chi connectivity index (χ3n) is 2.49. The second kappa shape index (κ2) is 6.89. The summed E-state index contributed by atoms with van der Waals surface area (Å²) in [5, 5.41) is 8.85. The first-order chi connectivity index (χ1) is 8.92.